The summed E-state index contributed by atoms with van der Waals surface area (Å²) >= 11 is 0. The van der Waals surface area contributed by atoms with Crippen LogP contribution in [0.15, 0.2) is 18.2 Å². The van der Waals surface area contributed by atoms with E-state index in [1.165, 1.54) is 25.7 Å². The number of hydrogen-bond donors (Lipinski definition) is 3. The van der Waals surface area contributed by atoms with Crippen molar-refractivity contribution >= 4 is 11.6 Å². The van der Waals surface area contributed by atoms with Crippen molar-refractivity contribution in [3.05, 3.63) is 29.3 Å². The van der Waals surface area contributed by atoms with Crippen molar-refractivity contribution in [2.45, 2.75) is 58.4 Å². The van der Waals surface area contributed by atoms with Crippen LogP contribution < -0.4 is 16.6 Å². The maximum Gasteiger partial charge on any atom is 0.253 e. The van der Waals surface area contributed by atoms with E-state index in [1.807, 2.05) is 25.1 Å². The van der Waals surface area contributed by atoms with Crippen molar-refractivity contribution in [1.82, 2.24) is 5.32 Å². The maximum atomic E-state index is 12.4. The van der Waals surface area contributed by atoms with Crippen LogP contribution in [-0.2, 0) is 0 Å². The second-order valence-corrected chi connectivity index (χ2v) is 6.17. The zero-order valence-corrected chi connectivity index (χ0v) is 13.1. The van der Waals surface area contributed by atoms with Crippen molar-refractivity contribution in [1.29, 1.82) is 0 Å². The second kappa shape index (κ2) is 7.46. The number of nitrogens with one attached hydrogen (secondary N) is 2. The van der Waals surface area contributed by atoms with Gasteiger partial charge in [-0.1, -0.05) is 25.8 Å². The summed E-state index contributed by atoms with van der Waals surface area (Å²) in [4.78, 5) is 12.4. The molecule has 1 fully saturated rings. The van der Waals surface area contributed by atoms with E-state index in [9.17, 15) is 4.79 Å². The molecule has 4 N–H and O–H groups in total. The van der Waals surface area contributed by atoms with Gasteiger partial charge in [0.15, 0.2) is 0 Å². The third kappa shape index (κ3) is 4.21. The van der Waals surface area contributed by atoms with Gasteiger partial charge in [0.25, 0.3) is 5.91 Å². The van der Waals surface area contributed by atoms with E-state index in [4.69, 9.17) is 5.84 Å². The molecule has 1 aliphatic rings. The molecule has 1 aliphatic carbocycles. The van der Waals surface area contributed by atoms with Crippen LogP contribution >= 0.6 is 0 Å². The highest BCUT2D eigenvalue weighted by atomic mass is 16.1. The lowest BCUT2D eigenvalue weighted by molar-refractivity contribution is 0.0922. The lowest BCUT2D eigenvalue weighted by Crippen LogP contribution is -2.38. The first kappa shape index (κ1) is 15.8. The molecule has 21 heavy (non-hydrogen) atoms. The molecule has 4 heteroatoms. The van der Waals surface area contributed by atoms with Crippen molar-refractivity contribution in [3.8, 4) is 0 Å². The molecule has 1 aromatic carbocycles. The Morgan fingerprint density at radius 3 is 2.62 bits per heavy atom. The van der Waals surface area contributed by atoms with Crippen molar-refractivity contribution in [2.75, 3.05) is 5.43 Å². The number of aryl methyl sites for hydroxylation is 1. The molecule has 0 unspecified atom stereocenters. The fourth-order valence-electron chi connectivity index (χ4n) is 3.24. The van der Waals surface area contributed by atoms with E-state index in [0.29, 0.717) is 17.3 Å². The van der Waals surface area contributed by atoms with Crippen molar-refractivity contribution in [2.24, 2.45) is 11.8 Å². The maximum absolute atomic E-state index is 12.4. The third-order valence-corrected chi connectivity index (χ3v) is 4.45. The summed E-state index contributed by atoms with van der Waals surface area (Å²) in [7, 11) is 0. The molecule has 1 amide bonds. The van der Waals surface area contributed by atoms with Crippen LogP contribution in [0.1, 0.15) is 61.4 Å². The van der Waals surface area contributed by atoms with E-state index >= 15 is 0 Å². The van der Waals surface area contributed by atoms with Crippen LogP contribution in [0.2, 0.25) is 0 Å². The van der Waals surface area contributed by atoms with E-state index in [0.717, 1.165) is 24.3 Å². The van der Waals surface area contributed by atoms with Gasteiger partial charge >= 0.3 is 0 Å². The Labute approximate surface area is 127 Å². The van der Waals surface area contributed by atoms with Gasteiger partial charge in [-0.25, -0.2) is 0 Å². The zero-order chi connectivity index (χ0) is 15.2. The minimum Gasteiger partial charge on any atom is -0.349 e. The van der Waals surface area contributed by atoms with Gasteiger partial charge in [0.05, 0.1) is 11.3 Å². The summed E-state index contributed by atoms with van der Waals surface area (Å²) < 4.78 is 0. The molecule has 4 nitrogen and oxygen atoms in total. The number of nitrogens with two attached hydrogens (primary N) is 1. The monoisotopic (exact) mass is 289 g/mol. The van der Waals surface area contributed by atoms with E-state index in [1.54, 1.807) is 0 Å². The Hall–Kier alpha value is -1.55. The van der Waals surface area contributed by atoms with Gasteiger partial charge in [0.2, 0.25) is 0 Å². The Bertz CT molecular complexity index is 479. The number of benzene rings is 1. The van der Waals surface area contributed by atoms with Crippen LogP contribution in [0.5, 0.6) is 0 Å². The molecule has 0 aliphatic heterocycles. The van der Waals surface area contributed by atoms with Gasteiger partial charge in [-0.3, -0.25) is 10.6 Å². The zero-order valence-electron chi connectivity index (χ0n) is 13.1. The Balaban J connectivity index is 1.93. The van der Waals surface area contributed by atoms with Gasteiger partial charge < -0.3 is 10.7 Å². The summed E-state index contributed by atoms with van der Waals surface area (Å²) in [6.07, 6.45) is 7.22. The van der Waals surface area contributed by atoms with Crippen LogP contribution in [0.3, 0.4) is 0 Å². The first-order valence-electron chi connectivity index (χ1n) is 8.02. The number of anilines is 1. The molecule has 0 heterocycles. The molecule has 2 rings (SSSR count). The molecule has 0 saturated heterocycles. The molecule has 1 saturated carbocycles. The topological polar surface area (TPSA) is 67.2 Å². The highest BCUT2D eigenvalue weighted by molar-refractivity contribution is 5.99. The molecule has 0 spiro atoms. The number of carbonyl (C=O) groups is 1. The molecule has 0 radical (unpaired) electrons. The second-order valence-electron chi connectivity index (χ2n) is 6.17. The summed E-state index contributed by atoms with van der Waals surface area (Å²) in [5.41, 5.74) is 5.01. The fraction of sp³-hybridized carbons (Fsp3) is 0.588. The van der Waals surface area contributed by atoms with Gasteiger partial charge in [0.1, 0.15) is 0 Å². The predicted octanol–water partition coefficient (Wildman–Crippen LogP) is 3.37. The summed E-state index contributed by atoms with van der Waals surface area (Å²) in [5, 5.41) is 3.16. The molecular weight excluding hydrogens is 262 g/mol. The SMILES string of the molecule is CCCC1CCC(NC(=O)c2ccc(C)cc2NN)CC1. The van der Waals surface area contributed by atoms with Gasteiger partial charge in [0, 0.05) is 6.04 Å². The summed E-state index contributed by atoms with van der Waals surface area (Å²) in [6.45, 7) is 4.23. The smallest absolute Gasteiger partial charge is 0.253 e. The number of amides is 1. The summed E-state index contributed by atoms with van der Waals surface area (Å²) in [5.74, 6) is 6.34. The number of rotatable bonds is 5. The fourth-order valence-corrected chi connectivity index (χ4v) is 3.24. The Kier molecular flexibility index (Phi) is 5.62. The number of hydrogen-bond acceptors (Lipinski definition) is 3. The highest BCUT2D eigenvalue weighted by Crippen LogP contribution is 2.28. The van der Waals surface area contributed by atoms with Gasteiger partial charge in [-0.2, -0.15) is 0 Å². The number of nitrogen functional groups attached to an aromatic ring is 1. The Morgan fingerprint density at radius 2 is 2.00 bits per heavy atom. The minimum absolute atomic E-state index is 0.0260. The first-order valence-corrected chi connectivity index (χ1v) is 8.02. The molecule has 0 atom stereocenters. The lowest BCUT2D eigenvalue weighted by atomic mass is 9.83. The largest absolute Gasteiger partial charge is 0.349 e. The molecule has 0 bridgehead atoms. The molecule has 0 aromatic heterocycles. The van der Waals surface area contributed by atoms with Crippen molar-refractivity contribution < 1.29 is 4.79 Å². The predicted molar refractivity (Wildman–Crippen MR) is 87.1 cm³/mol. The number of hydrazine groups is 1. The lowest BCUT2D eigenvalue weighted by Gasteiger charge is -2.29. The van der Waals surface area contributed by atoms with Gasteiger partial charge in [-0.05, 0) is 56.2 Å². The number of carbonyl (C=O) groups excluding carboxylic acids is 1. The minimum atomic E-state index is -0.0260. The Morgan fingerprint density at radius 1 is 1.29 bits per heavy atom. The average molecular weight is 289 g/mol. The van der Waals surface area contributed by atoms with Crippen LogP contribution in [-0.4, -0.2) is 11.9 Å². The third-order valence-electron chi connectivity index (χ3n) is 4.45. The van der Waals surface area contributed by atoms with E-state index in [2.05, 4.69) is 17.7 Å². The summed E-state index contributed by atoms with van der Waals surface area (Å²) in [6, 6.07) is 5.97. The van der Waals surface area contributed by atoms with Crippen LogP contribution in [0.25, 0.3) is 0 Å². The van der Waals surface area contributed by atoms with Gasteiger partial charge in [-0.15, -0.1) is 0 Å². The van der Waals surface area contributed by atoms with E-state index < -0.39 is 0 Å². The standard InChI is InChI=1S/C17H27N3O/c1-3-4-13-6-8-14(9-7-13)19-17(21)15-10-5-12(2)11-16(15)20-18/h5,10-11,13-14,20H,3-4,6-9,18H2,1-2H3,(H,19,21). The van der Waals surface area contributed by atoms with Crippen LogP contribution in [0, 0.1) is 12.8 Å². The van der Waals surface area contributed by atoms with E-state index in [-0.39, 0.29) is 5.91 Å². The van der Waals surface area contributed by atoms with Crippen molar-refractivity contribution in [3.63, 3.8) is 0 Å². The van der Waals surface area contributed by atoms with Crippen LogP contribution in [0.4, 0.5) is 5.69 Å². The molecule has 116 valence electrons. The normalized spacial score (nSPS) is 21.9. The first-order chi connectivity index (χ1) is 10.1. The average Bonchev–Trinajstić information content (AvgIpc) is 2.49. The molecular formula is C17H27N3O. The quantitative estimate of drug-likeness (QED) is 0.575. The highest BCUT2D eigenvalue weighted by Gasteiger charge is 2.23. The molecule has 1 aromatic rings.